The highest BCUT2D eigenvalue weighted by molar-refractivity contribution is 8.49. The van der Waals surface area contributed by atoms with Crippen molar-refractivity contribution >= 4 is 38.0 Å². The van der Waals surface area contributed by atoms with Gasteiger partial charge >= 0.3 is 20.4 Å². The van der Waals surface area contributed by atoms with Crippen molar-refractivity contribution in [2.24, 2.45) is 0 Å². The first-order valence-electron chi connectivity index (χ1n) is 16.6. The van der Waals surface area contributed by atoms with Crippen LogP contribution in [0, 0.1) is 16.4 Å². The zero-order chi connectivity index (χ0) is 40.2. The van der Waals surface area contributed by atoms with Crippen molar-refractivity contribution in [3.05, 3.63) is 148 Å². The van der Waals surface area contributed by atoms with Gasteiger partial charge in [0, 0.05) is 30.5 Å². The molecule has 304 valence electrons. The fourth-order valence-corrected chi connectivity index (χ4v) is 6.48. The van der Waals surface area contributed by atoms with Crippen molar-refractivity contribution in [3.63, 3.8) is 0 Å². The van der Waals surface area contributed by atoms with Gasteiger partial charge in [-0.2, -0.15) is 9.80 Å². The Labute approximate surface area is 316 Å². The van der Waals surface area contributed by atoms with Crippen LogP contribution in [0.2, 0.25) is 0 Å². The van der Waals surface area contributed by atoms with Crippen molar-refractivity contribution in [1.29, 1.82) is 0 Å². The smallest absolute Gasteiger partial charge is 0.345 e. The van der Waals surface area contributed by atoms with Gasteiger partial charge in [0.25, 0.3) is 0 Å². The molecule has 0 N–H and O–H groups in total. The van der Waals surface area contributed by atoms with Gasteiger partial charge in [0.15, 0.2) is 16.9 Å². The summed E-state index contributed by atoms with van der Waals surface area (Å²) < 4.78 is 129. The average molecular weight is 827 g/mol. The number of anilines is 1. The van der Waals surface area contributed by atoms with Crippen LogP contribution in [0.15, 0.2) is 132 Å². The second kappa shape index (κ2) is 16.9. The highest BCUT2D eigenvalue weighted by atomic mass is 32.5. The molecule has 0 spiro atoms. The van der Waals surface area contributed by atoms with Crippen LogP contribution in [0.3, 0.4) is 0 Å². The molecular weight excluding hydrogens is 783 g/mol. The van der Waals surface area contributed by atoms with Gasteiger partial charge in [-0.3, -0.25) is 0 Å². The molecule has 1 aliphatic rings. The third-order valence-electron chi connectivity index (χ3n) is 7.26. The van der Waals surface area contributed by atoms with Gasteiger partial charge in [-0.1, -0.05) is 164 Å². The van der Waals surface area contributed by atoms with Crippen LogP contribution < -0.4 is 5.06 Å². The summed E-state index contributed by atoms with van der Waals surface area (Å²) in [5, 5.41) is 12.8. The Kier molecular flexibility index (Phi) is 14.3. The van der Waals surface area contributed by atoms with E-state index in [-0.39, 0.29) is 36.8 Å². The normalized spacial score (nSPS) is 16.8. The molecular formula is C39H44F10N2O2S2. The van der Waals surface area contributed by atoms with Crippen molar-refractivity contribution in [2.75, 3.05) is 5.06 Å². The third kappa shape index (κ3) is 16.3. The van der Waals surface area contributed by atoms with Crippen LogP contribution in [0.25, 0.3) is 0 Å². The third-order valence-corrected chi connectivity index (χ3v) is 9.07. The maximum Gasteiger partial charge on any atom is 0.345 e. The minimum absolute atomic E-state index is 0. The first-order valence-corrected chi connectivity index (χ1v) is 20.5. The van der Waals surface area contributed by atoms with Gasteiger partial charge in [0.1, 0.15) is 6.04 Å². The van der Waals surface area contributed by atoms with E-state index in [0.29, 0.717) is 31.4 Å². The van der Waals surface area contributed by atoms with Gasteiger partial charge in [-0.05, 0) is 42.7 Å². The van der Waals surface area contributed by atoms with Crippen molar-refractivity contribution in [3.8, 4) is 11.2 Å². The van der Waals surface area contributed by atoms with E-state index in [9.17, 15) is 44.1 Å². The van der Waals surface area contributed by atoms with Crippen LogP contribution in [-0.2, 0) is 4.84 Å². The Morgan fingerprint density at radius 2 is 1.16 bits per heavy atom. The second-order valence-corrected chi connectivity index (χ2v) is 16.5. The molecule has 55 heavy (non-hydrogen) atoms. The van der Waals surface area contributed by atoms with E-state index >= 15 is 0 Å². The number of rotatable bonds is 10. The Balaban J connectivity index is 0.000000316. The molecule has 5 rings (SSSR count). The maximum absolute atomic E-state index is 14.1. The number of hydrogen-bond donors (Lipinski definition) is 0. The Hall–Kier alpha value is -4.75. The summed E-state index contributed by atoms with van der Waals surface area (Å²) in [6.07, 6.45) is 3.13. The molecule has 1 atom stereocenters. The maximum atomic E-state index is 14.1. The molecule has 4 nitrogen and oxygen atoms in total. The molecule has 0 bridgehead atoms. The van der Waals surface area contributed by atoms with Gasteiger partial charge < -0.3 is 10.0 Å². The average Bonchev–Trinajstić information content (AvgIpc) is 3.51. The number of para-hydroxylation sites is 2. The van der Waals surface area contributed by atoms with E-state index in [1.807, 2.05) is 48.5 Å². The number of allylic oxidation sites excluding steroid dienone is 1. The topological polar surface area (TPSA) is 38.5 Å². The lowest BCUT2D eigenvalue weighted by Gasteiger charge is -2.43. The number of nitrogens with zero attached hydrogens (tertiary/aromatic N) is 2. The molecule has 0 amide bonds. The predicted molar refractivity (Wildman–Crippen MR) is 207 cm³/mol. The summed E-state index contributed by atoms with van der Waals surface area (Å²) in [6, 6.07) is 32.4. The molecule has 0 aliphatic carbocycles. The van der Waals surface area contributed by atoms with E-state index in [4.69, 9.17) is 4.84 Å². The molecule has 0 saturated heterocycles. The van der Waals surface area contributed by atoms with Crippen LogP contribution in [-0.4, -0.2) is 11.0 Å². The van der Waals surface area contributed by atoms with Crippen LogP contribution in [0.4, 0.5) is 50.2 Å². The summed E-state index contributed by atoms with van der Waals surface area (Å²) in [7, 11) is -19.4. The van der Waals surface area contributed by atoms with Crippen molar-refractivity contribution in [1.82, 2.24) is 0 Å². The Morgan fingerprint density at radius 1 is 0.691 bits per heavy atom. The fraction of sp³-hybridized carbons (Fsp3) is 0.256. The second-order valence-electron chi connectivity index (χ2n) is 12.0. The lowest BCUT2D eigenvalue weighted by atomic mass is 10.0. The lowest BCUT2D eigenvalue weighted by Crippen LogP contribution is -2.26. The summed E-state index contributed by atoms with van der Waals surface area (Å²) in [4.78, 5) is 3.58. The zero-order valence-corrected chi connectivity index (χ0v) is 30.9. The predicted octanol–water partition coefficient (Wildman–Crippen LogP) is 15.9. The summed E-state index contributed by atoms with van der Waals surface area (Å²) in [5.41, 5.74) is 1.91. The number of halogens is 10. The first kappa shape index (κ1) is 46.4. The molecule has 1 unspecified atom stereocenters. The van der Waals surface area contributed by atoms with Gasteiger partial charge in [0.2, 0.25) is 5.69 Å². The van der Waals surface area contributed by atoms with Gasteiger partial charge in [-0.15, -0.1) is 0 Å². The zero-order valence-electron chi connectivity index (χ0n) is 29.3. The largest absolute Gasteiger partial charge is 0.618 e. The van der Waals surface area contributed by atoms with Crippen LogP contribution in [0.5, 0.6) is 0 Å². The molecule has 4 aromatic rings. The molecule has 0 saturated carbocycles. The van der Waals surface area contributed by atoms with Crippen molar-refractivity contribution < 1.29 is 48.4 Å². The minimum atomic E-state index is -9.98. The number of benzene rings is 4. The van der Waals surface area contributed by atoms with E-state index in [1.54, 1.807) is 56.5 Å². The van der Waals surface area contributed by atoms with E-state index in [2.05, 4.69) is 0 Å². The summed E-state index contributed by atoms with van der Waals surface area (Å²) >= 11 is 0. The lowest BCUT2D eigenvalue weighted by molar-refractivity contribution is -0.354. The Bertz CT molecular complexity index is 1940. The molecule has 0 radical (unpaired) electrons. The molecule has 0 aromatic heterocycles. The molecule has 1 aliphatic heterocycles. The Morgan fingerprint density at radius 3 is 1.64 bits per heavy atom. The summed E-state index contributed by atoms with van der Waals surface area (Å²) in [6.45, 7) is 3.51. The fourth-order valence-electron chi connectivity index (χ4n) is 4.88. The first-order chi connectivity index (χ1) is 24.9. The molecule has 1 heterocycles. The quantitative estimate of drug-likeness (QED) is 0.0304. The standard InChI is InChI=1S/C19H20F5NOS.C13H11NO.C6H9F5S.CH4/c1-2-3-14-17-19(27(20,21,22,23)24)18(15-10-6-4-7-11-15)25(26-17)16-12-8-5-9-13-16;15-14(13-9-5-2-6-10-13)11-12-7-3-1-4-8-12;1-2-3-4-5-6-12(7,8,9,10)11;/h4-13,18H,2-3,14H2,1H3;1-11H;2-4H2,1H3;1H4/b;14-11-;;. The van der Waals surface area contributed by atoms with Crippen LogP contribution in [0.1, 0.15) is 77.0 Å². The number of hydrogen-bond acceptors (Lipinski definition) is 3. The highest BCUT2D eigenvalue weighted by Crippen LogP contribution is 3.04. The highest BCUT2D eigenvalue weighted by Gasteiger charge is 2.73. The minimum Gasteiger partial charge on any atom is -0.618 e. The molecule has 16 heteroatoms. The number of hydroxylamine groups is 1. The van der Waals surface area contributed by atoms with E-state index in [1.165, 1.54) is 42.3 Å². The van der Waals surface area contributed by atoms with Gasteiger partial charge in [-0.25, -0.2) is 0 Å². The monoisotopic (exact) mass is 826 g/mol. The van der Waals surface area contributed by atoms with E-state index < -0.39 is 37.2 Å². The number of unbranched alkanes of at least 4 members (excludes halogenated alkanes) is 3. The summed E-state index contributed by atoms with van der Waals surface area (Å²) in [5.74, 6) is 0.734. The van der Waals surface area contributed by atoms with E-state index in [0.717, 1.165) is 15.4 Å². The molecule has 4 aromatic carbocycles. The SMILES string of the molecule is C.CCCCC#CS(F)(F)(F)(F)F.CCCCC1=C(S(F)(F)(F)(F)F)C(c2ccccc2)N(c2ccccc2)O1.[O-]/[N+](=C\c1ccccc1)c1ccccc1. The van der Waals surface area contributed by atoms with Crippen molar-refractivity contribution in [2.45, 2.75) is 65.8 Å². The molecule has 0 fully saturated rings. The van der Waals surface area contributed by atoms with Gasteiger partial charge in [0.05, 0.1) is 10.9 Å². The van der Waals surface area contributed by atoms with Crippen LogP contribution >= 0.6 is 20.4 Å².